The minimum Gasteiger partial charge on any atom is -0.491 e. The Morgan fingerprint density at radius 1 is 0.625 bits per heavy atom. The highest BCUT2D eigenvalue weighted by atomic mass is 16.6. The van der Waals surface area contributed by atoms with E-state index >= 15 is 0 Å². The molecule has 0 aliphatic carbocycles. The van der Waals surface area contributed by atoms with Gasteiger partial charge in [0, 0.05) is 11.1 Å². The molecule has 2 aliphatic heterocycles. The zero-order chi connectivity index (χ0) is 27.1. The molecule has 2 saturated heterocycles. The molecule has 0 saturated carbocycles. The summed E-state index contributed by atoms with van der Waals surface area (Å²) in [5, 5.41) is 3.77. The third kappa shape index (κ3) is 5.30. The summed E-state index contributed by atoms with van der Waals surface area (Å²) in [5.41, 5.74) is 1.44. The first-order valence-electron chi connectivity index (χ1n) is 13.2. The molecule has 7 heteroatoms. The molecule has 7 rings (SSSR count). The zero-order valence-electron chi connectivity index (χ0n) is 21.5. The topological polar surface area (TPSA) is 90.5 Å². The molecule has 0 amide bonds. The molecule has 40 heavy (non-hydrogen) atoms. The van der Waals surface area contributed by atoms with E-state index in [2.05, 4.69) is 4.98 Å². The summed E-state index contributed by atoms with van der Waals surface area (Å²) < 4.78 is 21.9. The molecule has 0 bridgehead atoms. The highest BCUT2D eigenvalue weighted by molar-refractivity contribution is 6.12. The second-order valence-electron chi connectivity index (χ2n) is 10.0. The number of epoxide rings is 2. The summed E-state index contributed by atoms with van der Waals surface area (Å²) in [6.45, 7) is 2.56. The Labute approximate surface area is 230 Å². The van der Waals surface area contributed by atoms with Crippen LogP contribution in [-0.4, -0.2) is 55.2 Å². The van der Waals surface area contributed by atoms with Crippen molar-refractivity contribution in [2.75, 3.05) is 26.4 Å². The molecular formula is C33H25NO6. The molecule has 7 nitrogen and oxygen atoms in total. The zero-order valence-corrected chi connectivity index (χ0v) is 21.5. The van der Waals surface area contributed by atoms with E-state index in [9.17, 15) is 9.59 Å². The Kier molecular flexibility index (Phi) is 6.23. The molecule has 198 valence electrons. The van der Waals surface area contributed by atoms with Gasteiger partial charge in [-0.25, -0.2) is 4.98 Å². The first-order chi connectivity index (χ1) is 19.6. The number of rotatable bonds is 10. The largest absolute Gasteiger partial charge is 0.491 e. The van der Waals surface area contributed by atoms with Crippen LogP contribution in [0.3, 0.4) is 0 Å². The van der Waals surface area contributed by atoms with Crippen LogP contribution in [0.2, 0.25) is 0 Å². The van der Waals surface area contributed by atoms with Crippen molar-refractivity contribution in [3.05, 3.63) is 114 Å². The van der Waals surface area contributed by atoms with Gasteiger partial charge in [0.05, 0.1) is 13.2 Å². The molecule has 0 radical (unpaired) electrons. The fourth-order valence-corrected chi connectivity index (χ4v) is 4.60. The van der Waals surface area contributed by atoms with Crippen LogP contribution in [-0.2, 0) is 9.47 Å². The number of ketones is 2. The van der Waals surface area contributed by atoms with E-state index in [-0.39, 0.29) is 35.2 Å². The van der Waals surface area contributed by atoms with E-state index in [1.165, 1.54) is 0 Å². The number of pyridine rings is 1. The number of carbonyl (C=O) groups excluding carboxylic acids is 2. The molecule has 2 unspecified atom stereocenters. The molecule has 5 aromatic rings. The van der Waals surface area contributed by atoms with Gasteiger partial charge in [-0.3, -0.25) is 9.59 Å². The minimum absolute atomic E-state index is 0.188. The highest BCUT2D eigenvalue weighted by Gasteiger charge is 2.24. The molecule has 4 aromatic carbocycles. The molecule has 1 aromatic heterocycles. The van der Waals surface area contributed by atoms with Crippen molar-refractivity contribution < 1.29 is 28.5 Å². The van der Waals surface area contributed by atoms with Crippen molar-refractivity contribution in [2.24, 2.45) is 0 Å². The van der Waals surface area contributed by atoms with Gasteiger partial charge in [-0.05, 0) is 70.1 Å². The fourth-order valence-electron chi connectivity index (χ4n) is 4.60. The maximum atomic E-state index is 13.3. The number of carbonyl (C=O) groups is 2. The van der Waals surface area contributed by atoms with E-state index in [0.29, 0.717) is 24.3 Å². The quantitative estimate of drug-likeness (QED) is 0.176. The standard InChI is InChI=1S/C33H25NO6/c35-32(24-6-4-22-14-26(10-8-20(22)12-24)37-16-28-18-39-28)30-2-1-3-31(34-30)33(36)25-7-5-23-15-27(11-9-21(23)13-25)38-17-29-19-40-29/h1-15,28-29H,16-19H2. The number of nitrogens with zero attached hydrogens (tertiary/aromatic N) is 1. The average molecular weight is 532 g/mol. The second kappa shape index (κ2) is 10.2. The van der Waals surface area contributed by atoms with Gasteiger partial charge in [-0.15, -0.1) is 0 Å². The smallest absolute Gasteiger partial charge is 0.211 e. The third-order valence-electron chi connectivity index (χ3n) is 7.04. The number of hydrogen-bond acceptors (Lipinski definition) is 7. The molecule has 3 heterocycles. The summed E-state index contributed by atoms with van der Waals surface area (Å²) >= 11 is 0. The first kappa shape index (κ1) is 24.5. The molecule has 2 aliphatic rings. The Morgan fingerprint density at radius 2 is 1.05 bits per heavy atom. The minimum atomic E-state index is -0.245. The number of benzene rings is 4. The molecule has 2 atom stereocenters. The predicted molar refractivity (Wildman–Crippen MR) is 149 cm³/mol. The molecular weight excluding hydrogens is 506 g/mol. The second-order valence-corrected chi connectivity index (χ2v) is 10.0. The van der Waals surface area contributed by atoms with E-state index in [1.807, 2.05) is 60.7 Å². The fraction of sp³-hybridized carbons (Fsp3) is 0.182. The lowest BCUT2D eigenvalue weighted by Gasteiger charge is -2.08. The van der Waals surface area contributed by atoms with Gasteiger partial charge in [0.2, 0.25) is 11.6 Å². The monoisotopic (exact) mass is 531 g/mol. The van der Waals surface area contributed by atoms with Crippen molar-refractivity contribution in [3.8, 4) is 11.5 Å². The summed E-state index contributed by atoms with van der Waals surface area (Å²) in [6.07, 6.45) is 0.376. The van der Waals surface area contributed by atoms with Gasteiger partial charge < -0.3 is 18.9 Å². The number of hydrogen-bond donors (Lipinski definition) is 0. The van der Waals surface area contributed by atoms with Crippen LogP contribution in [0.4, 0.5) is 0 Å². The van der Waals surface area contributed by atoms with Crippen LogP contribution in [0.1, 0.15) is 32.1 Å². The SMILES string of the molecule is O=C(c1ccc2cc(OCC3CO3)ccc2c1)c1cccc(C(=O)c2ccc3cc(OCC4CO4)ccc3c2)n1. The maximum Gasteiger partial charge on any atom is 0.211 e. The van der Waals surface area contributed by atoms with Gasteiger partial charge >= 0.3 is 0 Å². The van der Waals surface area contributed by atoms with Gasteiger partial charge in [0.15, 0.2) is 0 Å². The van der Waals surface area contributed by atoms with Crippen molar-refractivity contribution in [3.63, 3.8) is 0 Å². The highest BCUT2D eigenvalue weighted by Crippen LogP contribution is 2.26. The Hall–Kier alpha value is -4.59. The summed E-state index contributed by atoms with van der Waals surface area (Å²) in [5.74, 6) is 1.04. The summed E-state index contributed by atoms with van der Waals surface area (Å²) in [7, 11) is 0. The van der Waals surface area contributed by atoms with Crippen molar-refractivity contribution >= 4 is 33.1 Å². The van der Waals surface area contributed by atoms with E-state index < -0.39 is 0 Å². The first-order valence-corrected chi connectivity index (χ1v) is 13.2. The lowest BCUT2D eigenvalue weighted by atomic mass is 10.0. The van der Waals surface area contributed by atoms with Crippen molar-refractivity contribution in [2.45, 2.75) is 12.2 Å². The van der Waals surface area contributed by atoms with Gasteiger partial charge in [-0.1, -0.05) is 42.5 Å². The predicted octanol–water partition coefficient (Wildman–Crippen LogP) is 5.41. The average Bonchev–Trinajstić information content (AvgIpc) is 3.93. The van der Waals surface area contributed by atoms with Crippen LogP contribution in [0.15, 0.2) is 91.0 Å². The van der Waals surface area contributed by atoms with Gasteiger partial charge in [0.1, 0.15) is 48.3 Å². The summed E-state index contributed by atoms with van der Waals surface area (Å²) in [4.78, 5) is 31.1. The van der Waals surface area contributed by atoms with Crippen molar-refractivity contribution in [1.82, 2.24) is 4.98 Å². The Morgan fingerprint density at radius 3 is 1.50 bits per heavy atom. The van der Waals surface area contributed by atoms with Crippen LogP contribution in [0.5, 0.6) is 11.5 Å². The van der Waals surface area contributed by atoms with E-state index in [0.717, 1.165) is 46.3 Å². The summed E-state index contributed by atoms with van der Waals surface area (Å²) in [6, 6.07) is 27.5. The maximum absolute atomic E-state index is 13.3. The van der Waals surface area contributed by atoms with Crippen LogP contribution in [0.25, 0.3) is 21.5 Å². The number of fused-ring (bicyclic) bond motifs is 2. The van der Waals surface area contributed by atoms with Crippen LogP contribution >= 0.6 is 0 Å². The number of aromatic nitrogens is 1. The van der Waals surface area contributed by atoms with Gasteiger partial charge in [-0.2, -0.15) is 0 Å². The molecule has 0 spiro atoms. The Bertz CT molecular complexity index is 1650. The van der Waals surface area contributed by atoms with Crippen molar-refractivity contribution in [1.29, 1.82) is 0 Å². The number of ether oxygens (including phenoxy) is 4. The van der Waals surface area contributed by atoms with E-state index in [1.54, 1.807) is 30.3 Å². The normalized spacial score (nSPS) is 17.5. The van der Waals surface area contributed by atoms with Gasteiger partial charge in [0.25, 0.3) is 0 Å². The van der Waals surface area contributed by atoms with Crippen LogP contribution in [0, 0.1) is 0 Å². The lowest BCUT2D eigenvalue weighted by molar-refractivity contribution is 0.103. The Balaban J connectivity index is 1.09. The lowest BCUT2D eigenvalue weighted by Crippen LogP contribution is -2.10. The molecule has 0 N–H and O–H groups in total. The van der Waals surface area contributed by atoms with Crippen LogP contribution < -0.4 is 9.47 Å². The molecule has 2 fully saturated rings. The van der Waals surface area contributed by atoms with E-state index in [4.69, 9.17) is 18.9 Å². The third-order valence-corrected chi connectivity index (χ3v) is 7.04.